The first kappa shape index (κ1) is 18.7. The molecule has 0 bridgehead atoms. The van der Waals surface area contributed by atoms with Crippen molar-refractivity contribution in [2.24, 2.45) is 13.0 Å². The summed E-state index contributed by atoms with van der Waals surface area (Å²) in [7, 11) is 1.30. The lowest BCUT2D eigenvalue weighted by Gasteiger charge is -2.32. The van der Waals surface area contributed by atoms with E-state index >= 15 is 0 Å². The van der Waals surface area contributed by atoms with Gasteiger partial charge in [-0.1, -0.05) is 0 Å². The number of halogens is 4. The molecule has 0 unspecified atom stereocenters. The minimum absolute atomic E-state index is 0.0948. The van der Waals surface area contributed by atoms with Crippen molar-refractivity contribution in [3.63, 3.8) is 0 Å². The molecule has 0 spiro atoms. The van der Waals surface area contributed by atoms with E-state index in [0.717, 1.165) is 9.15 Å². The Balaban J connectivity index is 1.77. The quantitative estimate of drug-likeness (QED) is 0.542. The van der Waals surface area contributed by atoms with Gasteiger partial charge >= 0.3 is 11.9 Å². The van der Waals surface area contributed by atoms with Crippen LogP contribution < -0.4 is 4.90 Å². The van der Waals surface area contributed by atoms with Gasteiger partial charge in [0.1, 0.15) is 0 Å². The molecule has 12 heteroatoms. The van der Waals surface area contributed by atoms with Crippen LogP contribution in [0.25, 0.3) is 0 Å². The van der Waals surface area contributed by atoms with Crippen molar-refractivity contribution in [2.75, 3.05) is 18.0 Å². The molecule has 26 heavy (non-hydrogen) atoms. The number of hydrogen-bond donors (Lipinski definition) is 0. The largest absolute Gasteiger partial charge is 0.442 e. The van der Waals surface area contributed by atoms with E-state index in [9.17, 15) is 23.3 Å². The van der Waals surface area contributed by atoms with Gasteiger partial charge < -0.3 is 4.90 Å². The molecule has 0 saturated carbocycles. The van der Waals surface area contributed by atoms with Gasteiger partial charge in [-0.2, -0.15) is 23.4 Å². The number of aryl methyl sites for hydroxylation is 1. The van der Waals surface area contributed by atoms with Crippen LogP contribution in [0.15, 0.2) is 16.9 Å². The van der Waals surface area contributed by atoms with Gasteiger partial charge in [0.2, 0.25) is 11.5 Å². The second-order valence-corrected chi connectivity index (χ2v) is 7.13. The monoisotopic (exact) mass is 436 g/mol. The molecule has 8 nitrogen and oxygen atoms in total. The van der Waals surface area contributed by atoms with Crippen LogP contribution in [0.1, 0.15) is 18.5 Å². The molecule has 1 fully saturated rings. The maximum atomic E-state index is 13.1. The smallest absolute Gasteiger partial charge is 0.351 e. The minimum Gasteiger partial charge on any atom is -0.351 e. The molecule has 1 aliphatic heterocycles. The summed E-state index contributed by atoms with van der Waals surface area (Å²) in [6, 6.07) is 0. The average molecular weight is 437 g/mol. The van der Waals surface area contributed by atoms with Crippen LogP contribution >= 0.6 is 15.9 Å². The lowest BCUT2D eigenvalue weighted by molar-refractivity contribution is -0.387. The molecule has 1 saturated heterocycles. The van der Waals surface area contributed by atoms with E-state index in [1.54, 1.807) is 15.8 Å². The number of piperidine rings is 1. The van der Waals surface area contributed by atoms with Crippen LogP contribution in [0.5, 0.6) is 0 Å². The summed E-state index contributed by atoms with van der Waals surface area (Å²) in [5, 5.41) is 18.8. The fourth-order valence-corrected chi connectivity index (χ4v) is 3.58. The number of nitro groups is 1. The van der Waals surface area contributed by atoms with Gasteiger partial charge in [-0.15, -0.1) is 0 Å². The SMILES string of the molecule is Cn1nc(C(F)(F)F)c([N+](=O)[O-])c1N1CCC(Cn2cc(Br)cn2)CC1. The summed E-state index contributed by atoms with van der Waals surface area (Å²) in [6.45, 7) is 1.54. The molecular formula is C14H16BrF3N6O2. The maximum Gasteiger partial charge on any atom is 0.442 e. The molecular weight excluding hydrogens is 421 g/mol. The zero-order valence-electron chi connectivity index (χ0n) is 13.8. The summed E-state index contributed by atoms with van der Waals surface area (Å²) in [5.41, 5.74) is -2.43. The lowest BCUT2D eigenvalue weighted by Crippen LogP contribution is -2.36. The molecule has 0 radical (unpaired) electrons. The van der Waals surface area contributed by atoms with Gasteiger partial charge in [-0.25, -0.2) is 4.68 Å². The Morgan fingerprint density at radius 1 is 1.38 bits per heavy atom. The van der Waals surface area contributed by atoms with E-state index in [2.05, 4.69) is 26.1 Å². The van der Waals surface area contributed by atoms with Crippen LogP contribution in [0.4, 0.5) is 24.7 Å². The number of hydrogen-bond acceptors (Lipinski definition) is 5. The Kier molecular flexibility index (Phi) is 4.95. The summed E-state index contributed by atoms with van der Waals surface area (Å²) < 4.78 is 42.8. The number of aromatic nitrogens is 4. The third kappa shape index (κ3) is 3.69. The van der Waals surface area contributed by atoms with Gasteiger partial charge in [-0.05, 0) is 34.7 Å². The molecule has 0 aromatic carbocycles. The maximum absolute atomic E-state index is 13.1. The van der Waals surface area contributed by atoms with Gasteiger partial charge in [0.15, 0.2) is 0 Å². The number of alkyl halides is 3. The fraction of sp³-hybridized carbons (Fsp3) is 0.571. The van der Waals surface area contributed by atoms with Crippen molar-refractivity contribution >= 4 is 27.4 Å². The Morgan fingerprint density at radius 2 is 2.04 bits per heavy atom. The van der Waals surface area contributed by atoms with Crippen molar-refractivity contribution in [1.82, 2.24) is 19.6 Å². The summed E-state index contributed by atoms with van der Waals surface area (Å²) >= 11 is 3.33. The highest BCUT2D eigenvalue weighted by Gasteiger charge is 2.46. The van der Waals surface area contributed by atoms with Crippen LogP contribution in [-0.4, -0.2) is 37.6 Å². The summed E-state index contributed by atoms with van der Waals surface area (Å²) in [5.74, 6) is 0.204. The standard InChI is InChI=1S/C14H16BrF3N6O2/c1-21-13(11(24(25)26)12(20-21)14(16,17)18)22-4-2-9(3-5-22)7-23-8-10(15)6-19-23/h6,8-9H,2-5,7H2,1H3. The third-order valence-corrected chi connectivity index (χ3v) is 4.81. The molecule has 0 aliphatic carbocycles. The van der Waals surface area contributed by atoms with Crippen LogP contribution in [0, 0.1) is 16.0 Å². The van der Waals surface area contributed by atoms with Crippen LogP contribution in [-0.2, 0) is 19.8 Å². The van der Waals surface area contributed by atoms with Crippen LogP contribution in [0.2, 0.25) is 0 Å². The van der Waals surface area contributed by atoms with E-state index in [-0.39, 0.29) is 5.82 Å². The fourth-order valence-electron chi connectivity index (χ4n) is 3.25. The molecule has 0 atom stereocenters. The first-order valence-corrected chi connectivity index (χ1v) is 8.67. The third-order valence-electron chi connectivity index (χ3n) is 4.40. The van der Waals surface area contributed by atoms with E-state index < -0.39 is 22.5 Å². The van der Waals surface area contributed by atoms with Crippen molar-refractivity contribution in [3.05, 3.63) is 32.7 Å². The van der Waals surface area contributed by atoms with Gasteiger partial charge in [0, 0.05) is 32.9 Å². The van der Waals surface area contributed by atoms with Gasteiger partial charge in [-0.3, -0.25) is 14.8 Å². The van der Waals surface area contributed by atoms with Crippen molar-refractivity contribution in [2.45, 2.75) is 25.6 Å². The van der Waals surface area contributed by atoms with Gasteiger partial charge in [0.05, 0.1) is 15.6 Å². The average Bonchev–Trinajstić information content (AvgIpc) is 3.11. The van der Waals surface area contributed by atoms with Crippen LogP contribution in [0.3, 0.4) is 0 Å². The first-order valence-electron chi connectivity index (χ1n) is 7.88. The van der Waals surface area contributed by atoms with Crippen molar-refractivity contribution in [3.8, 4) is 0 Å². The predicted molar refractivity (Wildman–Crippen MR) is 89.7 cm³/mol. The lowest BCUT2D eigenvalue weighted by atomic mass is 9.97. The zero-order chi connectivity index (χ0) is 19.1. The van der Waals surface area contributed by atoms with E-state index in [1.807, 2.05) is 6.20 Å². The van der Waals surface area contributed by atoms with E-state index in [1.165, 1.54) is 7.05 Å². The minimum atomic E-state index is -4.87. The molecule has 3 rings (SSSR count). The molecule has 1 aliphatic rings. The van der Waals surface area contributed by atoms with Gasteiger partial charge in [0.25, 0.3) is 0 Å². The first-order chi connectivity index (χ1) is 12.2. The highest BCUT2D eigenvalue weighted by molar-refractivity contribution is 9.10. The summed E-state index contributed by atoms with van der Waals surface area (Å²) in [6.07, 6.45) is 0.0628. The molecule has 3 heterocycles. The van der Waals surface area contributed by atoms with E-state index in [4.69, 9.17) is 0 Å². The molecule has 142 valence electrons. The second kappa shape index (κ2) is 6.89. The van der Waals surface area contributed by atoms with Crippen molar-refractivity contribution < 1.29 is 18.1 Å². The molecule has 2 aromatic heterocycles. The molecule has 0 amide bonds. The molecule has 0 N–H and O–H groups in total. The highest BCUT2D eigenvalue weighted by atomic mass is 79.9. The van der Waals surface area contributed by atoms with E-state index in [0.29, 0.717) is 38.4 Å². The number of anilines is 1. The number of rotatable bonds is 4. The highest BCUT2D eigenvalue weighted by Crippen LogP contribution is 2.41. The topological polar surface area (TPSA) is 82.0 Å². The van der Waals surface area contributed by atoms with Crippen molar-refractivity contribution in [1.29, 1.82) is 0 Å². The normalized spacial score (nSPS) is 16.3. The predicted octanol–water partition coefficient (Wildman–Crippen LogP) is 3.22. The Bertz CT molecular complexity index is 810. The zero-order valence-corrected chi connectivity index (χ0v) is 15.4. The molecule has 2 aromatic rings. The number of nitrogens with zero attached hydrogens (tertiary/aromatic N) is 6. The second-order valence-electron chi connectivity index (χ2n) is 6.21. The Morgan fingerprint density at radius 3 is 2.54 bits per heavy atom. The Hall–Kier alpha value is -2.11. The summed E-state index contributed by atoms with van der Waals surface area (Å²) in [4.78, 5) is 11.9. The Labute approximate surface area is 154 Å².